The van der Waals surface area contributed by atoms with Crippen LogP contribution in [0, 0.1) is 13.8 Å². The number of aromatic nitrogens is 1. The molecule has 19 heavy (non-hydrogen) atoms. The molecule has 0 unspecified atom stereocenters. The van der Waals surface area contributed by atoms with Crippen LogP contribution in [-0.2, 0) is 0 Å². The van der Waals surface area contributed by atoms with Crippen LogP contribution >= 0.6 is 0 Å². The smallest absolute Gasteiger partial charge is 0.258 e. The average Bonchev–Trinajstić information content (AvgIpc) is 2.70. The monoisotopic (exact) mass is 262 g/mol. The maximum atomic E-state index is 12.0. The Balaban J connectivity index is 2.21. The fraction of sp³-hybridized carbons (Fsp3) is 0.231. The van der Waals surface area contributed by atoms with Crippen molar-refractivity contribution in [3.63, 3.8) is 0 Å². The van der Waals surface area contributed by atoms with Crippen molar-refractivity contribution in [2.45, 2.75) is 13.8 Å². The first kappa shape index (κ1) is 12.9. The van der Waals surface area contributed by atoms with Gasteiger partial charge in [0, 0.05) is 11.1 Å². The Bertz CT molecular complexity index is 619. The average molecular weight is 262 g/mol. The summed E-state index contributed by atoms with van der Waals surface area (Å²) in [5.74, 6) is 0.124. The summed E-state index contributed by atoms with van der Waals surface area (Å²) in [6, 6.07) is 4.39. The number of methoxy groups -OCH3 is 1. The van der Waals surface area contributed by atoms with E-state index in [0.717, 1.165) is 5.56 Å². The fourth-order valence-corrected chi connectivity index (χ4v) is 1.54. The SMILES string of the molecule is COc1ccc(C(=O)Nc2onc(C)c2C)cc1O. The molecule has 2 N–H and O–H groups in total. The number of benzene rings is 1. The molecule has 0 spiro atoms. The quantitative estimate of drug-likeness (QED) is 0.886. The number of aromatic hydroxyl groups is 1. The first-order valence-electron chi connectivity index (χ1n) is 5.64. The largest absolute Gasteiger partial charge is 0.504 e. The molecule has 0 aliphatic carbocycles. The van der Waals surface area contributed by atoms with Gasteiger partial charge in [-0.3, -0.25) is 10.1 Å². The Kier molecular flexibility index (Phi) is 3.41. The van der Waals surface area contributed by atoms with Gasteiger partial charge in [0.05, 0.1) is 12.8 Å². The first-order valence-corrected chi connectivity index (χ1v) is 5.64. The van der Waals surface area contributed by atoms with E-state index in [1.54, 1.807) is 19.9 Å². The summed E-state index contributed by atoms with van der Waals surface area (Å²) in [4.78, 5) is 12.0. The van der Waals surface area contributed by atoms with E-state index in [1.165, 1.54) is 19.2 Å². The number of carbonyl (C=O) groups excluding carboxylic acids is 1. The number of hydrogen-bond donors (Lipinski definition) is 2. The second-order valence-electron chi connectivity index (χ2n) is 4.06. The molecule has 2 aromatic rings. The molecule has 0 aliphatic rings. The van der Waals surface area contributed by atoms with E-state index in [4.69, 9.17) is 9.26 Å². The van der Waals surface area contributed by atoms with Gasteiger partial charge < -0.3 is 14.4 Å². The number of nitrogens with one attached hydrogen (secondary N) is 1. The highest BCUT2D eigenvalue weighted by molar-refractivity contribution is 6.04. The van der Waals surface area contributed by atoms with E-state index in [9.17, 15) is 9.90 Å². The summed E-state index contributed by atoms with van der Waals surface area (Å²) in [7, 11) is 1.44. The van der Waals surface area contributed by atoms with Crippen molar-refractivity contribution in [3.05, 3.63) is 35.0 Å². The lowest BCUT2D eigenvalue weighted by molar-refractivity contribution is 0.102. The molecule has 0 saturated carbocycles. The van der Waals surface area contributed by atoms with Crippen LogP contribution in [0.15, 0.2) is 22.7 Å². The van der Waals surface area contributed by atoms with Crippen molar-refractivity contribution in [2.75, 3.05) is 12.4 Å². The summed E-state index contributed by atoms with van der Waals surface area (Å²) in [6.07, 6.45) is 0. The number of nitrogens with zero attached hydrogens (tertiary/aromatic N) is 1. The van der Waals surface area contributed by atoms with Crippen LogP contribution in [0.25, 0.3) is 0 Å². The molecule has 1 amide bonds. The van der Waals surface area contributed by atoms with Crippen molar-refractivity contribution < 1.29 is 19.2 Å². The molecule has 1 aromatic carbocycles. The summed E-state index contributed by atoms with van der Waals surface area (Å²) in [6.45, 7) is 3.58. The minimum Gasteiger partial charge on any atom is -0.504 e. The number of amides is 1. The van der Waals surface area contributed by atoms with Crippen molar-refractivity contribution in [1.29, 1.82) is 0 Å². The Hall–Kier alpha value is -2.50. The second-order valence-corrected chi connectivity index (χ2v) is 4.06. The van der Waals surface area contributed by atoms with Gasteiger partial charge >= 0.3 is 0 Å². The molecule has 0 atom stereocenters. The van der Waals surface area contributed by atoms with Crippen LogP contribution in [0.1, 0.15) is 21.6 Å². The summed E-state index contributed by atoms with van der Waals surface area (Å²) < 4.78 is 9.90. The molecule has 100 valence electrons. The zero-order chi connectivity index (χ0) is 14.0. The number of ether oxygens (including phenoxy) is 1. The van der Waals surface area contributed by atoms with Gasteiger partial charge in [0.15, 0.2) is 11.5 Å². The van der Waals surface area contributed by atoms with E-state index < -0.39 is 5.91 Å². The van der Waals surface area contributed by atoms with Crippen LogP contribution < -0.4 is 10.1 Å². The Morgan fingerprint density at radius 3 is 2.68 bits per heavy atom. The first-order chi connectivity index (χ1) is 9.02. The van der Waals surface area contributed by atoms with Crippen LogP contribution in [0.5, 0.6) is 11.5 Å². The highest BCUT2D eigenvalue weighted by atomic mass is 16.5. The van der Waals surface area contributed by atoms with E-state index in [2.05, 4.69) is 10.5 Å². The number of phenols is 1. The topological polar surface area (TPSA) is 84.6 Å². The highest BCUT2D eigenvalue weighted by Crippen LogP contribution is 2.27. The van der Waals surface area contributed by atoms with Crippen molar-refractivity contribution in [2.24, 2.45) is 0 Å². The van der Waals surface area contributed by atoms with Gasteiger partial charge in [-0.2, -0.15) is 0 Å². The van der Waals surface area contributed by atoms with Gasteiger partial charge in [0.25, 0.3) is 5.91 Å². The van der Waals surface area contributed by atoms with E-state index in [-0.39, 0.29) is 5.75 Å². The van der Waals surface area contributed by atoms with Gasteiger partial charge in [0.2, 0.25) is 5.88 Å². The Labute approximate surface area is 110 Å². The van der Waals surface area contributed by atoms with Gasteiger partial charge in [-0.25, -0.2) is 0 Å². The van der Waals surface area contributed by atoms with E-state index >= 15 is 0 Å². The third kappa shape index (κ3) is 2.52. The number of hydrogen-bond acceptors (Lipinski definition) is 5. The van der Waals surface area contributed by atoms with E-state index in [1.807, 2.05) is 0 Å². The number of carbonyl (C=O) groups is 1. The number of phenolic OH excluding ortho intramolecular Hbond substituents is 1. The third-order valence-corrected chi connectivity index (χ3v) is 2.83. The molecule has 0 aliphatic heterocycles. The predicted octanol–water partition coefficient (Wildman–Crippen LogP) is 2.26. The van der Waals surface area contributed by atoms with Crippen LogP contribution in [-0.4, -0.2) is 23.3 Å². The Morgan fingerprint density at radius 1 is 1.42 bits per heavy atom. The fourth-order valence-electron chi connectivity index (χ4n) is 1.54. The molecule has 0 radical (unpaired) electrons. The lowest BCUT2D eigenvalue weighted by Gasteiger charge is -2.06. The van der Waals surface area contributed by atoms with Gasteiger partial charge in [-0.1, -0.05) is 5.16 Å². The second kappa shape index (κ2) is 5.01. The van der Waals surface area contributed by atoms with Crippen LogP contribution in [0.3, 0.4) is 0 Å². The van der Waals surface area contributed by atoms with Crippen molar-refractivity contribution >= 4 is 11.8 Å². The molecule has 6 nitrogen and oxygen atoms in total. The third-order valence-electron chi connectivity index (χ3n) is 2.83. The molecular formula is C13H14N2O4. The number of aryl methyl sites for hydroxylation is 1. The maximum absolute atomic E-state index is 12.0. The molecular weight excluding hydrogens is 248 g/mol. The van der Waals surface area contributed by atoms with Gasteiger partial charge in [-0.05, 0) is 32.0 Å². The van der Waals surface area contributed by atoms with Crippen LogP contribution in [0.4, 0.5) is 5.88 Å². The number of anilines is 1. The van der Waals surface area contributed by atoms with Crippen molar-refractivity contribution in [1.82, 2.24) is 5.16 Å². The molecule has 1 heterocycles. The zero-order valence-electron chi connectivity index (χ0n) is 10.9. The maximum Gasteiger partial charge on any atom is 0.258 e. The zero-order valence-corrected chi connectivity index (χ0v) is 10.9. The standard InChI is InChI=1S/C13H14N2O4/c1-7-8(2)15-19-13(7)14-12(17)9-4-5-11(18-3)10(16)6-9/h4-6,16H,1-3H3,(H,14,17). The molecule has 2 rings (SSSR count). The molecule has 0 saturated heterocycles. The Morgan fingerprint density at radius 2 is 2.16 bits per heavy atom. The molecule has 1 aromatic heterocycles. The van der Waals surface area contributed by atoms with Gasteiger partial charge in [0.1, 0.15) is 0 Å². The highest BCUT2D eigenvalue weighted by Gasteiger charge is 2.14. The predicted molar refractivity (Wildman–Crippen MR) is 68.6 cm³/mol. The van der Waals surface area contributed by atoms with Crippen LogP contribution in [0.2, 0.25) is 0 Å². The minimum absolute atomic E-state index is 0.0966. The van der Waals surface area contributed by atoms with E-state index in [0.29, 0.717) is 22.9 Å². The normalized spacial score (nSPS) is 10.3. The molecule has 0 bridgehead atoms. The molecule has 6 heteroatoms. The van der Waals surface area contributed by atoms with Crippen molar-refractivity contribution in [3.8, 4) is 11.5 Å². The summed E-state index contributed by atoms with van der Waals surface area (Å²) >= 11 is 0. The molecule has 0 fully saturated rings. The lowest BCUT2D eigenvalue weighted by atomic mass is 10.2. The number of rotatable bonds is 3. The lowest BCUT2D eigenvalue weighted by Crippen LogP contribution is -2.12. The minimum atomic E-state index is -0.391. The van der Waals surface area contributed by atoms with Gasteiger partial charge in [-0.15, -0.1) is 0 Å². The summed E-state index contributed by atoms with van der Waals surface area (Å²) in [5, 5.41) is 16.0. The summed E-state index contributed by atoms with van der Waals surface area (Å²) in [5.41, 5.74) is 1.78.